The molecule has 0 saturated carbocycles. The predicted octanol–water partition coefficient (Wildman–Crippen LogP) is 3.24. The Labute approximate surface area is 112 Å². The van der Waals surface area contributed by atoms with Gasteiger partial charge in [0.15, 0.2) is 0 Å². The average Bonchev–Trinajstić information content (AvgIpc) is 2.85. The topological polar surface area (TPSA) is 68.4 Å². The molecule has 1 N–H and O–H groups in total. The van der Waals surface area contributed by atoms with Gasteiger partial charge in [0.25, 0.3) is 5.89 Å². The van der Waals surface area contributed by atoms with Crippen LogP contribution < -0.4 is 0 Å². The van der Waals surface area contributed by atoms with Crippen LogP contribution in [0.15, 0.2) is 22.7 Å². The number of aromatic nitrogens is 2. The van der Waals surface area contributed by atoms with Crippen LogP contribution in [-0.4, -0.2) is 22.4 Å². The second-order valence-electron chi connectivity index (χ2n) is 4.49. The SMILES string of the molecule is CCCC(OC)c1noc(-c2ccc(C)cc2O)n1. The van der Waals surface area contributed by atoms with Crippen LogP contribution in [0.25, 0.3) is 11.5 Å². The summed E-state index contributed by atoms with van der Waals surface area (Å²) in [5, 5.41) is 13.8. The summed E-state index contributed by atoms with van der Waals surface area (Å²) < 4.78 is 10.5. The molecule has 1 atom stereocenters. The van der Waals surface area contributed by atoms with E-state index in [1.165, 1.54) is 0 Å². The number of phenols is 1. The monoisotopic (exact) mass is 262 g/mol. The zero-order chi connectivity index (χ0) is 13.8. The van der Waals surface area contributed by atoms with Gasteiger partial charge < -0.3 is 14.4 Å². The highest BCUT2D eigenvalue weighted by molar-refractivity contribution is 5.62. The molecule has 19 heavy (non-hydrogen) atoms. The first-order valence-electron chi connectivity index (χ1n) is 6.32. The highest BCUT2D eigenvalue weighted by Crippen LogP contribution is 2.30. The number of hydrogen-bond acceptors (Lipinski definition) is 5. The Morgan fingerprint density at radius 1 is 1.42 bits per heavy atom. The van der Waals surface area contributed by atoms with E-state index in [1.807, 2.05) is 13.0 Å². The second kappa shape index (κ2) is 5.84. The lowest BCUT2D eigenvalue weighted by molar-refractivity contribution is 0.0854. The van der Waals surface area contributed by atoms with Gasteiger partial charge in [0.05, 0.1) is 5.56 Å². The Kier molecular flexibility index (Phi) is 4.16. The van der Waals surface area contributed by atoms with E-state index in [4.69, 9.17) is 9.26 Å². The van der Waals surface area contributed by atoms with Crippen molar-refractivity contribution < 1.29 is 14.4 Å². The number of methoxy groups -OCH3 is 1. The van der Waals surface area contributed by atoms with Gasteiger partial charge in [-0.3, -0.25) is 0 Å². The summed E-state index contributed by atoms with van der Waals surface area (Å²) in [6, 6.07) is 5.32. The Morgan fingerprint density at radius 3 is 2.84 bits per heavy atom. The minimum absolute atomic E-state index is 0.139. The molecule has 2 aromatic rings. The third kappa shape index (κ3) is 2.93. The van der Waals surface area contributed by atoms with Crippen LogP contribution in [0.2, 0.25) is 0 Å². The lowest BCUT2D eigenvalue weighted by atomic mass is 10.1. The van der Waals surface area contributed by atoms with Crippen molar-refractivity contribution in [3.63, 3.8) is 0 Å². The zero-order valence-electron chi connectivity index (χ0n) is 11.4. The van der Waals surface area contributed by atoms with Gasteiger partial charge in [-0.1, -0.05) is 24.6 Å². The molecule has 102 valence electrons. The summed E-state index contributed by atoms with van der Waals surface area (Å²) in [6.45, 7) is 3.98. The molecule has 1 heterocycles. The van der Waals surface area contributed by atoms with Gasteiger partial charge in [0, 0.05) is 7.11 Å². The Bertz CT molecular complexity index is 551. The van der Waals surface area contributed by atoms with Gasteiger partial charge in [-0.25, -0.2) is 0 Å². The fourth-order valence-corrected chi connectivity index (χ4v) is 1.91. The lowest BCUT2D eigenvalue weighted by Crippen LogP contribution is -2.03. The fourth-order valence-electron chi connectivity index (χ4n) is 1.91. The van der Waals surface area contributed by atoms with Crippen molar-refractivity contribution in [1.29, 1.82) is 0 Å². The van der Waals surface area contributed by atoms with E-state index in [0.717, 1.165) is 18.4 Å². The number of rotatable bonds is 5. The number of phenolic OH excluding ortho intramolecular Hbond substituents is 1. The van der Waals surface area contributed by atoms with E-state index >= 15 is 0 Å². The van der Waals surface area contributed by atoms with E-state index in [9.17, 15) is 5.11 Å². The quantitative estimate of drug-likeness (QED) is 0.895. The largest absolute Gasteiger partial charge is 0.507 e. The molecule has 0 aliphatic rings. The summed E-state index contributed by atoms with van der Waals surface area (Å²) in [5.41, 5.74) is 1.51. The van der Waals surface area contributed by atoms with Crippen molar-refractivity contribution >= 4 is 0 Å². The maximum absolute atomic E-state index is 9.89. The van der Waals surface area contributed by atoms with Crippen LogP contribution in [0, 0.1) is 6.92 Å². The summed E-state index contributed by atoms with van der Waals surface area (Å²) in [5.74, 6) is 0.963. The van der Waals surface area contributed by atoms with Crippen molar-refractivity contribution in [3.8, 4) is 17.2 Å². The van der Waals surface area contributed by atoms with Crippen molar-refractivity contribution in [2.75, 3.05) is 7.11 Å². The Balaban J connectivity index is 2.29. The number of ether oxygens (including phenoxy) is 1. The summed E-state index contributed by atoms with van der Waals surface area (Å²) in [6.07, 6.45) is 1.63. The lowest BCUT2D eigenvalue weighted by Gasteiger charge is -2.08. The molecule has 0 aliphatic heterocycles. The molecule has 0 spiro atoms. The van der Waals surface area contributed by atoms with Gasteiger partial charge in [-0.15, -0.1) is 0 Å². The first-order chi connectivity index (χ1) is 9.15. The standard InChI is InChI=1S/C14H18N2O3/c1-4-5-12(18-3)13-15-14(19-16-13)10-7-6-9(2)8-11(10)17/h6-8,12,17H,4-5H2,1-3H3. The van der Waals surface area contributed by atoms with Gasteiger partial charge in [-0.05, 0) is 31.0 Å². The van der Waals surface area contributed by atoms with Gasteiger partial charge in [0.2, 0.25) is 5.82 Å². The van der Waals surface area contributed by atoms with Crippen LogP contribution in [-0.2, 0) is 4.74 Å². The number of benzene rings is 1. The molecule has 1 aromatic heterocycles. The van der Waals surface area contributed by atoms with Gasteiger partial charge in [0.1, 0.15) is 11.9 Å². The summed E-state index contributed by atoms with van der Waals surface area (Å²) in [4.78, 5) is 4.30. The van der Waals surface area contributed by atoms with Crippen LogP contribution in [0.1, 0.15) is 37.3 Å². The molecule has 0 amide bonds. The first-order valence-corrected chi connectivity index (χ1v) is 6.32. The first kappa shape index (κ1) is 13.5. The third-order valence-corrected chi connectivity index (χ3v) is 2.95. The molecule has 0 fully saturated rings. The summed E-state index contributed by atoms with van der Waals surface area (Å²) >= 11 is 0. The molecular formula is C14H18N2O3. The van der Waals surface area contributed by atoms with Gasteiger partial charge in [-0.2, -0.15) is 4.98 Å². The smallest absolute Gasteiger partial charge is 0.261 e. The predicted molar refractivity (Wildman–Crippen MR) is 70.8 cm³/mol. The van der Waals surface area contributed by atoms with Crippen molar-refractivity contribution in [2.24, 2.45) is 0 Å². The van der Waals surface area contributed by atoms with Crippen LogP contribution in [0.3, 0.4) is 0 Å². The minimum atomic E-state index is -0.171. The molecule has 0 aliphatic carbocycles. The fraction of sp³-hybridized carbons (Fsp3) is 0.429. The molecule has 2 rings (SSSR count). The normalized spacial score (nSPS) is 12.6. The number of hydrogen-bond donors (Lipinski definition) is 1. The highest BCUT2D eigenvalue weighted by Gasteiger charge is 2.19. The number of nitrogens with zero attached hydrogens (tertiary/aromatic N) is 2. The van der Waals surface area contributed by atoms with E-state index in [2.05, 4.69) is 17.1 Å². The van der Waals surface area contributed by atoms with Crippen LogP contribution >= 0.6 is 0 Å². The molecule has 5 heteroatoms. The van der Waals surface area contributed by atoms with Gasteiger partial charge >= 0.3 is 0 Å². The van der Waals surface area contributed by atoms with Crippen molar-refractivity contribution in [2.45, 2.75) is 32.8 Å². The van der Waals surface area contributed by atoms with E-state index < -0.39 is 0 Å². The average molecular weight is 262 g/mol. The van der Waals surface area contributed by atoms with E-state index in [1.54, 1.807) is 19.2 Å². The third-order valence-electron chi connectivity index (χ3n) is 2.95. The van der Waals surface area contributed by atoms with E-state index in [-0.39, 0.29) is 11.9 Å². The van der Waals surface area contributed by atoms with Crippen LogP contribution in [0.5, 0.6) is 5.75 Å². The molecule has 5 nitrogen and oxygen atoms in total. The molecule has 0 saturated heterocycles. The second-order valence-corrected chi connectivity index (χ2v) is 4.49. The number of aryl methyl sites for hydroxylation is 1. The van der Waals surface area contributed by atoms with Crippen molar-refractivity contribution in [1.82, 2.24) is 10.1 Å². The van der Waals surface area contributed by atoms with Crippen molar-refractivity contribution in [3.05, 3.63) is 29.6 Å². The molecule has 1 unspecified atom stereocenters. The van der Waals surface area contributed by atoms with Crippen LogP contribution in [0.4, 0.5) is 0 Å². The maximum Gasteiger partial charge on any atom is 0.261 e. The minimum Gasteiger partial charge on any atom is -0.507 e. The Morgan fingerprint density at radius 2 is 2.21 bits per heavy atom. The number of aromatic hydroxyl groups is 1. The molecule has 1 aromatic carbocycles. The maximum atomic E-state index is 9.89. The molecule has 0 radical (unpaired) electrons. The highest BCUT2D eigenvalue weighted by atomic mass is 16.5. The van der Waals surface area contributed by atoms with E-state index in [0.29, 0.717) is 17.3 Å². The molecular weight excluding hydrogens is 244 g/mol. The Hall–Kier alpha value is -1.88. The zero-order valence-corrected chi connectivity index (χ0v) is 11.4. The summed E-state index contributed by atoms with van der Waals surface area (Å²) in [7, 11) is 1.62. The molecule has 0 bridgehead atoms.